The van der Waals surface area contributed by atoms with Crippen LogP contribution in [0.5, 0.6) is 0 Å². The normalized spacial score (nSPS) is 11.8. The molecule has 1 aromatic carbocycles. The van der Waals surface area contributed by atoms with Crippen LogP contribution in [0.15, 0.2) is 36.5 Å². The predicted octanol–water partition coefficient (Wildman–Crippen LogP) is 1.60. The van der Waals surface area contributed by atoms with Gasteiger partial charge in [-0.25, -0.2) is 8.42 Å². The standard InChI is InChI=1S/C10H13NO2S/c1-2-14(12,13)11-9-8-10-6-4-3-5-7-10/h3-9,11H,2H2,1H3. The number of nitrogens with one attached hydrogen (secondary N) is 1. The van der Waals surface area contributed by atoms with Gasteiger partial charge in [0.2, 0.25) is 10.0 Å². The van der Waals surface area contributed by atoms with Gasteiger partial charge in [0.15, 0.2) is 0 Å². The lowest BCUT2D eigenvalue weighted by molar-refractivity contribution is 0.592. The van der Waals surface area contributed by atoms with Crippen LogP contribution in [0.1, 0.15) is 12.5 Å². The summed E-state index contributed by atoms with van der Waals surface area (Å²) in [4.78, 5) is 0. The molecule has 0 radical (unpaired) electrons. The first kappa shape index (κ1) is 10.8. The molecular formula is C10H13NO2S. The minimum absolute atomic E-state index is 0.0894. The Bertz CT molecular complexity index is 395. The molecule has 1 N–H and O–H groups in total. The fourth-order valence-corrected chi connectivity index (χ4v) is 1.32. The Morgan fingerprint density at radius 2 is 1.93 bits per heavy atom. The minimum atomic E-state index is -3.13. The summed E-state index contributed by atoms with van der Waals surface area (Å²) < 4.78 is 24.4. The van der Waals surface area contributed by atoms with Crippen LogP contribution in [0.2, 0.25) is 0 Å². The highest BCUT2D eigenvalue weighted by Crippen LogP contribution is 1.99. The molecule has 1 rings (SSSR count). The molecule has 0 aliphatic carbocycles. The average Bonchev–Trinajstić information content (AvgIpc) is 2.19. The van der Waals surface area contributed by atoms with Crippen molar-refractivity contribution in [2.45, 2.75) is 6.92 Å². The van der Waals surface area contributed by atoms with Crippen molar-refractivity contribution in [1.29, 1.82) is 0 Å². The average molecular weight is 211 g/mol. The third kappa shape index (κ3) is 3.62. The molecule has 4 heteroatoms. The van der Waals surface area contributed by atoms with Gasteiger partial charge in [0.1, 0.15) is 0 Å². The predicted molar refractivity (Wildman–Crippen MR) is 58.1 cm³/mol. The van der Waals surface area contributed by atoms with Crippen LogP contribution < -0.4 is 4.72 Å². The third-order valence-electron chi connectivity index (χ3n) is 1.70. The summed E-state index contributed by atoms with van der Waals surface area (Å²) in [7, 11) is -3.13. The Kier molecular flexibility index (Phi) is 3.71. The first-order valence-corrected chi connectivity index (χ1v) is 6.01. The lowest BCUT2D eigenvalue weighted by atomic mass is 10.2. The number of hydrogen-bond acceptors (Lipinski definition) is 2. The molecular weight excluding hydrogens is 198 g/mol. The summed E-state index contributed by atoms with van der Waals surface area (Å²) in [6, 6.07) is 9.50. The number of hydrogen-bond donors (Lipinski definition) is 1. The van der Waals surface area contributed by atoms with E-state index in [2.05, 4.69) is 4.72 Å². The molecule has 0 atom stereocenters. The Morgan fingerprint density at radius 3 is 2.50 bits per heavy atom. The van der Waals surface area contributed by atoms with Gasteiger partial charge in [-0.15, -0.1) is 0 Å². The number of rotatable bonds is 4. The van der Waals surface area contributed by atoms with E-state index < -0.39 is 10.0 Å². The topological polar surface area (TPSA) is 46.2 Å². The first-order chi connectivity index (χ1) is 6.64. The fraction of sp³-hybridized carbons (Fsp3) is 0.200. The SMILES string of the molecule is CCS(=O)(=O)NC=Cc1ccccc1. The first-order valence-electron chi connectivity index (χ1n) is 4.35. The second-order valence-corrected chi connectivity index (χ2v) is 4.81. The molecule has 0 heterocycles. The highest BCUT2D eigenvalue weighted by atomic mass is 32.2. The van der Waals surface area contributed by atoms with Crippen LogP contribution >= 0.6 is 0 Å². The molecule has 0 aliphatic heterocycles. The van der Waals surface area contributed by atoms with Crippen molar-refractivity contribution < 1.29 is 8.42 Å². The summed E-state index contributed by atoms with van der Waals surface area (Å²) in [5.74, 6) is 0.0894. The molecule has 0 aliphatic rings. The second-order valence-electron chi connectivity index (χ2n) is 2.77. The molecule has 0 unspecified atom stereocenters. The van der Waals surface area contributed by atoms with Crippen LogP contribution in [0.3, 0.4) is 0 Å². The van der Waals surface area contributed by atoms with Crippen LogP contribution in [0.25, 0.3) is 6.08 Å². The quantitative estimate of drug-likeness (QED) is 0.822. The number of benzene rings is 1. The van der Waals surface area contributed by atoms with E-state index in [0.29, 0.717) is 0 Å². The Labute approximate surface area is 84.5 Å². The van der Waals surface area contributed by atoms with Crippen molar-refractivity contribution in [1.82, 2.24) is 4.72 Å². The van der Waals surface area contributed by atoms with Crippen molar-refractivity contribution in [3.63, 3.8) is 0 Å². The van der Waals surface area contributed by atoms with Crippen molar-refractivity contribution in [2.75, 3.05) is 5.75 Å². The van der Waals surface area contributed by atoms with Gasteiger partial charge in [0.05, 0.1) is 5.75 Å². The van der Waals surface area contributed by atoms with Gasteiger partial charge in [-0.1, -0.05) is 30.3 Å². The van der Waals surface area contributed by atoms with Gasteiger partial charge in [-0.3, -0.25) is 4.72 Å². The van der Waals surface area contributed by atoms with E-state index >= 15 is 0 Å². The van der Waals surface area contributed by atoms with Crippen LogP contribution in [0, 0.1) is 0 Å². The molecule has 0 fully saturated rings. The summed E-state index contributed by atoms with van der Waals surface area (Å²) in [5.41, 5.74) is 0.964. The van der Waals surface area contributed by atoms with E-state index in [4.69, 9.17) is 0 Å². The maximum absolute atomic E-state index is 11.0. The fourth-order valence-electron chi connectivity index (χ4n) is 0.881. The maximum atomic E-state index is 11.0. The number of sulfonamides is 1. The van der Waals surface area contributed by atoms with E-state index in [1.165, 1.54) is 6.20 Å². The zero-order chi connectivity index (χ0) is 10.4. The summed E-state index contributed by atoms with van der Waals surface area (Å²) >= 11 is 0. The van der Waals surface area contributed by atoms with Gasteiger partial charge in [0, 0.05) is 6.20 Å². The Balaban J connectivity index is 2.59. The van der Waals surface area contributed by atoms with E-state index in [1.54, 1.807) is 13.0 Å². The lowest BCUT2D eigenvalue weighted by Gasteiger charge is -1.98. The van der Waals surface area contributed by atoms with Crippen LogP contribution in [-0.2, 0) is 10.0 Å². The Morgan fingerprint density at radius 1 is 1.29 bits per heavy atom. The smallest absolute Gasteiger partial charge is 0.231 e. The molecule has 76 valence electrons. The molecule has 0 aromatic heterocycles. The second kappa shape index (κ2) is 4.81. The summed E-state index contributed by atoms with van der Waals surface area (Å²) in [5, 5.41) is 0. The van der Waals surface area contributed by atoms with Gasteiger partial charge in [-0.2, -0.15) is 0 Å². The van der Waals surface area contributed by atoms with E-state index in [1.807, 2.05) is 30.3 Å². The van der Waals surface area contributed by atoms with Crippen LogP contribution in [-0.4, -0.2) is 14.2 Å². The van der Waals surface area contributed by atoms with Gasteiger partial charge in [-0.05, 0) is 18.6 Å². The van der Waals surface area contributed by atoms with Crippen molar-refractivity contribution in [2.24, 2.45) is 0 Å². The van der Waals surface area contributed by atoms with Gasteiger partial charge >= 0.3 is 0 Å². The molecule has 0 spiro atoms. The van der Waals surface area contributed by atoms with E-state index in [0.717, 1.165) is 5.56 Å². The lowest BCUT2D eigenvalue weighted by Crippen LogP contribution is -2.19. The highest BCUT2D eigenvalue weighted by Gasteiger charge is 2.00. The zero-order valence-corrected chi connectivity index (χ0v) is 8.79. The van der Waals surface area contributed by atoms with Crippen molar-refractivity contribution in [3.8, 4) is 0 Å². The molecule has 0 saturated heterocycles. The monoisotopic (exact) mass is 211 g/mol. The largest absolute Gasteiger partial charge is 0.290 e. The molecule has 0 saturated carbocycles. The molecule has 3 nitrogen and oxygen atoms in total. The molecule has 1 aromatic rings. The van der Waals surface area contributed by atoms with E-state index in [9.17, 15) is 8.42 Å². The van der Waals surface area contributed by atoms with E-state index in [-0.39, 0.29) is 5.75 Å². The van der Waals surface area contributed by atoms with Crippen LogP contribution in [0.4, 0.5) is 0 Å². The van der Waals surface area contributed by atoms with Gasteiger partial charge < -0.3 is 0 Å². The van der Waals surface area contributed by atoms with Crippen molar-refractivity contribution >= 4 is 16.1 Å². The summed E-state index contributed by atoms with van der Waals surface area (Å²) in [6.45, 7) is 1.60. The Hall–Kier alpha value is -1.29. The molecule has 14 heavy (non-hydrogen) atoms. The minimum Gasteiger partial charge on any atom is -0.290 e. The molecule has 0 bridgehead atoms. The van der Waals surface area contributed by atoms with Gasteiger partial charge in [0.25, 0.3) is 0 Å². The highest BCUT2D eigenvalue weighted by molar-refractivity contribution is 7.89. The molecule has 0 amide bonds. The van der Waals surface area contributed by atoms with Crippen molar-refractivity contribution in [3.05, 3.63) is 42.1 Å². The summed E-state index contributed by atoms with van der Waals surface area (Å²) in [6.07, 6.45) is 3.15. The maximum Gasteiger partial charge on any atom is 0.231 e. The zero-order valence-electron chi connectivity index (χ0n) is 7.97. The third-order valence-corrected chi connectivity index (χ3v) is 2.96.